The fourth-order valence-electron chi connectivity index (χ4n) is 2.70. The van der Waals surface area contributed by atoms with Crippen LogP contribution in [0.25, 0.3) is 0 Å². The molecule has 1 saturated heterocycles. The van der Waals surface area contributed by atoms with Crippen molar-refractivity contribution in [2.75, 3.05) is 20.2 Å². The van der Waals surface area contributed by atoms with Crippen molar-refractivity contribution in [1.29, 1.82) is 0 Å². The molecule has 0 aromatic carbocycles. The number of nitrogens with zero attached hydrogens (tertiary/aromatic N) is 1. The monoisotopic (exact) mass is 198 g/mol. The fraction of sp³-hybridized carbons (Fsp3) is 1.00. The van der Waals surface area contributed by atoms with E-state index in [9.17, 15) is 0 Å². The molecule has 2 fully saturated rings. The molecule has 1 saturated carbocycles. The lowest BCUT2D eigenvalue weighted by Gasteiger charge is -2.43. The minimum atomic E-state index is 0.108. The molecule has 0 radical (unpaired) electrons. The highest BCUT2D eigenvalue weighted by Gasteiger charge is 2.37. The van der Waals surface area contributed by atoms with Gasteiger partial charge in [0.1, 0.15) is 0 Å². The first kappa shape index (κ1) is 10.4. The van der Waals surface area contributed by atoms with Crippen molar-refractivity contribution in [3.63, 3.8) is 0 Å². The Balaban J connectivity index is 1.85. The Labute approximate surface area is 86.6 Å². The number of likely N-dealkylation sites (N-methyl/N-ethyl adjacent to an activating group) is 1. The normalized spacial score (nSPS) is 36.0. The summed E-state index contributed by atoms with van der Waals surface area (Å²) in [4.78, 5) is 2.40. The van der Waals surface area contributed by atoms with Crippen LogP contribution in [0.4, 0.5) is 0 Å². The first-order valence-corrected chi connectivity index (χ1v) is 5.71. The highest BCUT2D eigenvalue weighted by Crippen LogP contribution is 2.31. The first-order valence-electron chi connectivity index (χ1n) is 5.71. The van der Waals surface area contributed by atoms with Crippen LogP contribution in [-0.4, -0.2) is 42.8 Å². The third-order valence-electron chi connectivity index (χ3n) is 3.82. The summed E-state index contributed by atoms with van der Waals surface area (Å²) in [6.07, 6.45) is 5.23. The zero-order chi connectivity index (χ0) is 10.2. The van der Waals surface area contributed by atoms with E-state index in [1.54, 1.807) is 0 Å². The van der Waals surface area contributed by atoms with Gasteiger partial charge < -0.3 is 10.5 Å². The van der Waals surface area contributed by atoms with Crippen LogP contribution in [0, 0.1) is 0 Å². The third-order valence-corrected chi connectivity index (χ3v) is 3.82. The molecule has 1 heterocycles. The summed E-state index contributed by atoms with van der Waals surface area (Å²) in [5, 5.41) is 0. The predicted molar refractivity (Wildman–Crippen MR) is 57.2 cm³/mol. The number of nitrogens with two attached hydrogens (primary N) is 1. The molecule has 0 aromatic rings. The number of ether oxygens (including phenoxy) is 1. The van der Waals surface area contributed by atoms with E-state index in [1.165, 1.54) is 19.3 Å². The molecule has 2 N–H and O–H groups in total. The van der Waals surface area contributed by atoms with Crippen molar-refractivity contribution in [2.24, 2.45) is 5.73 Å². The van der Waals surface area contributed by atoms with E-state index in [-0.39, 0.29) is 5.54 Å². The van der Waals surface area contributed by atoms with Gasteiger partial charge in [-0.1, -0.05) is 0 Å². The zero-order valence-electron chi connectivity index (χ0n) is 9.33. The molecule has 2 unspecified atom stereocenters. The standard InChI is InChI=1S/C11H22N2O/c1-9-10(4-7-14-9)13(2)8-11(12)5-3-6-11/h9-10H,3-8,12H2,1-2H3. The molecule has 0 amide bonds. The topological polar surface area (TPSA) is 38.5 Å². The smallest absolute Gasteiger partial charge is 0.0702 e. The lowest BCUT2D eigenvalue weighted by Crippen LogP contribution is -2.56. The van der Waals surface area contributed by atoms with Crippen molar-refractivity contribution in [3.8, 4) is 0 Å². The van der Waals surface area contributed by atoms with Gasteiger partial charge >= 0.3 is 0 Å². The maximum atomic E-state index is 6.23. The van der Waals surface area contributed by atoms with Gasteiger partial charge in [-0.3, -0.25) is 4.90 Å². The average Bonchev–Trinajstić information content (AvgIpc) is 2.48. The highest BCUT2D eigenvalue weighted by atomic mass is 16.5. The van der Waals surface area contributed by atoms with E-state index < -0.39 is 0 Å². The summed E-state index contributed by atoms with van der Waals surface area (Å²) < 4.78 is 5.57. The number of hydrogen-bond acceptors (Lipinski definition) is 3. The van der Waals surface area contributed by atoms with Crippen LogP contribution >= 0.6 is 0 Å². The quantitative estimate of drug-likeness (QED) is 0.734. The molecule has 0 bridgehead atoms. The SMILES string of the molecule is CC1OCCC1N(C)CC1(N)CCC1. The maximum absolute atomic E-state index is 6.23. The lowest BCUT2D eigenvalue weighted by molar-refractivity contribution is 0.0648. The second-order valence-electron chi connectivity index (χ2n) is 5.06. The Hall–Kier alpha value is -0.120. The molecule has 0 aromatic heterocycles. The van der Waals surface area contributed by atoms with Crippen molar-refractivity contribution >= 4 is 0 Å². The van der Waals surface area contributed by atoms with E-state index in [1.807, 2.05) is 0 Å². The van der Waals surface area contributed by atoms with Gasteiger partial charge in [0.05, 0.1) is 6.10 Å². The van der Waals surface area contributed by atoms with Crippen LogP contribution in [0.2, 0.25) is 0 Å². The van der Waals surface area contributed by atoms with Gasteiger partial charge in [0.25, 0.3) is 0 Å². The summed E-state index contributed by atoms with van der Waals surface area (Å²) in [7, 11) is 2.18. The van der Waals surface area contributed by atoms with E-state index in [2.05, 4.69) is 18.9 Å². The molecular weight excluding hydrogens is 176 g/mol. The Bertz CT molecular complexity index is 203. The molecule has 2 aliphatic rings. The fourth-order valence-corrected chi connectivity index (χ4v) is 2.70. The van der Waals surface area contributed by atoms with E-state index >= 15 is 0 Å². The lowest BCUT2D eigenvalue weighted by atomic mass is 9.77. The molecule has 82 valence electrons. The van der Waals surface area contributed by atoms with Gasteiger partial charge in [0.15, 0.2) is 0 Å². The molecule has 3 nitrogen and oxygen atoms in total. The van der Waals surface area contributed by atoms with Crippen LogP contribution in [-0.2, 0) is 4.74 Å². The Morgan fingerprint density at radius 1 is 1.50 bits per heavy atom. The second kappa shape index (κ2) is 3.80. The molecule has 2 rings (SSSR count). The Morgan fingerprint density at radius 2 is 2.21 bits per heavy atom. The van der Waals surface area contributed by atoms with Crippen molar-refractivity contribution in [1.82, 2.24) is 4.90 Å². The Morgan fingerprint density at radius 3 is 2.64 bits per heavy atom. The van der Waals surface area contributed by atoms with Crippen LogP contribution in [0.5, 0.6) is 0 Å². The minimum absolute atomic E-state index is 0.108. The predicted octanol–water partition coefficient (Wildman–Crippen LogP) is 0.977. The van der Waals surface area contributed by atoms with Gasteiger partial charge in [-0.15, -0.1) is 0 Å². The maximum Gasteiger partial charge on any atom is 0.0702 e. The summed E-state index contributed by atoms with van der Waals surface area (Å²) in [6.45, 7) is 4.11. The molecule has 0 spiro atoms. The summed E-state index contributed by atoms with van der Waals surface area (Å²) in [5.74, 6) is 0. The highest BCUT2D eigenvalue weighted by molar-refractivity contribution is 4.96. The molecule has 1 aliphatic heterocycles. The van der Waals surface area contributed by atoms with E-state index in [4.69, 9.17) is 10.5 Å². The molecule has 2 atom stereocenters. The second-order valence-corrected chi connectivity index (χ2v) is 5.06. The largest absolute Gasteiger partial charge is 0.377 e. The summed E-state index contributed by atoms with van der Waals surface area (Å²) in [5.41, 5.74) is 6.34. The molecule has 1 aliphatic carbocycles. The zero-order valence-corrected chi connectivity index (χ0v) is 9.33. The van der Waals surface area contributed by atoms with Gasteiger partial charge in [0, 0.05) is 24.7 Å². The van der Waals surface area contributed by atoms with E-state index in [0.717, 1.165) is 19.6 Å². The first-order chi connectivity index (χ1) is 6.61. The van der Waals surface area contributed by atoms with Gasteiger partial charge in [-0.25, -0.2) is 0 Å². The van der Waals surface area contributed by atoms with Gasteiger partial charge in [-0.2, -0.15) is 0 Å². The van der Waals surface area contributed by atoms with Crippen molar-refractivity contribution in [3.05, 3.63) is 0 Å². The van der Waals surface area contributed by atoms with Gasteiger partial charge in [0.2, 0.25) is 0 Å². The van der Waals surface area contributed by atoms with Crippen LogP contribution < -0.4 is 5.73 Å². The van der Waals surface area contributed by atoms with E-state index in [0.29, 0.717) is 12.1 Å². The Kier molecular flexibility index (Phi) is 2.82. The molecular formula is C11H22N2O. The van der Waals surface area contributed by atoms with Crippen molar-refractivity contribution in [2.45, 2.75) is 50.3 Å². The van der Waals surface area contributed by atoms with Crippen LogP contribution in [0.3, 0.4) is 0 Å². The summed E-state index contributed by atoms with van der Waals surface area (Å²) >= 11 is 0. The average molecular weight is 198 g/mol. The van der Waals surface area contributed by atoms with Crippen LogP contribution in [0.1, 0.15) is 32.6 Å². The minimum Gasteiger partial charge on any atom is -0.377 e. The molecule has 14 heavy (non-hydrogen) atoms. The third kappa shape index (κ3) is 1.95. The molecule has 3 heteroatoms. The summed E-state index contributed by atoms with van der Waals surface area (Å²) in [6, 6.07) is 0.580. The van der Waals surface area contributed by atoms with Crippen molar-refractivity contribution < 1.29 is 4.74 Å². The van der Waals surface area contributed by atoms with Gasteiger partial charge in [-0.05, 0) is 39.7 Å². The number of hydrogen-bond donors (Lipinski definition) is 1. The number of rotatable bonds is 3. The van der Waals surface area contributed by atoms with Crippen LogP contribution in [0.15, 0.2) is 0 Å².